The molecule has 0 aromatic heterocycles. The second-order valence-corrected chi connectivity index (χ2v) is 7.98. The Morgan fingerprint density at radius 1 is 1.15 bits per heavy atom. The summed E-state index contributed by atoms with van der Waals surface area (Å²) in [6.45, 7) is 4.41. The van der Waals surface area contributed by atoms with Crippen LogP contribution in [0.2, 0.25) is 0 Å². The first-order valence-electron chi connectivity index (χ1n) is 8.34. The van der Waals surface area contributed by atoms with Gasteiger partial charge in [-0.2, -0.15) is 4.31 Å². The molecule has 0 unspecified atom stereocenters. The highest BCUT2D eigenvalue weighted by atomic mass is 32.2. The van der Waals surface area contributed by atoms with Crippen LogP contribution in [-0.2, 0) is 21.4 Å². The van der Waals surface area contributed by atoms with Gasteiger partial charge >= 0.3 is 0 Å². The normalized spacial score (nSPS) is 11.4. The van der Waals surface area contributed by atoms with E-state index in [1.165, 1.54) is 19.2 Å². The van der Waals surface area contributed by atoms with Crippen LogP contribution in [0, 0.1) is 6.92 Å². The smallest absolute Gasteiger partial charge is 0.243 e. The Hall–Kier alpha value is -2.38. The molecule has 2 rings (SSSR count). The molecule has 1 N–H and O–H groups in total. The zero-order valence-electron chi connectivity index (χ0n) is 15.2. The number of likely N-dealkylation sites (N-methyl/N-ethyl adjacent to an activating group) is 1. The fraction of sp³-hybridized carbons (Fsp3) is 0.316. The summed E-state index contributed by atoms with van der Waals surface area (Å²) in [5.41, 5.74) is 1.85. The fourth-order valence-electron chi connectivity index (χ4n) is 2.35. The number of nitrogens with zero attached hydrogens (tertiary/aromatic N) is 1. The summed E-state index contributed by atoms with van der Waals surface area (Å²) in [4.78, 5) is 12.3. The molecule has 0 atom stereocenters. The minimum atomic E-state index is -3.70. The molecule has 2 aromatic rings. The van der Waals surface area contributed by atoms with Crippen molar-refractivity contribution in [1.82, 2.24) is 9.62 Å². The molecule has 26 heavy (non-hydrogen) atoms. The number of sulfonamides is 1. The third kappa shape index (κ3) is 5.31. The summed E-state index contributed by atoms with van der Waals surface area (Å²) in [7, 11) is -2.30. The number of benzene rings is 2. The Labute approximate surface area is 154 Å². The van der Waals surface area contributed by atoms with Crippen molar-refractivity contribution in [3.8, 4) is 5.75 Å². The number of carbonyl (C=O) groups excluding carboxylic acids is 1. The van der Waals surface area contributed by atoms with Gasteiger partial charge < -0.3 is 10.1 Å². The molecule has 1 amide bonds. The summed E-state index contributed by atoms with van der Waals surface area (Å²) >= 11 is 0. The van der Waals surface area contributed by atoms with Crippen LogP contribution in [0.25, 0.3) is 0 Å². The average molecular weight is 376 g/mol. The average Bonchev–Trinajstić information content (AvgIpc) is 2.61. The molecule has 0 heterocycles. The molecule has 6 nitrogen and oxygen atoms in total. The van der Waals surface area contributed by atoms with Crippen molar-refractivity contribution in [1.29, 1.82) is 0 Å². The molecule has 0 saturated heterocycles. The van der Waals surface area contributed by atoms with Gasteiger partial charge in [0, 0.05) is 13.6 Å². The Kier molecular flexibility index (Phi) is 6.76. The molecule has 0 aliphatic rings. The molecule has 0 saturated carbocycles. The van der Waals surface area contributed by atoms with Crippen LogP contribution in [0.1, 0.15) is 18.1 Å². The first kappa shape index (κ1) is 19.9. The lowest BCUT2D eigenvalue weighted by Gasteiger charge is -2.17. The minimum Gasteiger partial charge on any atom is -0.494 e. The van der Waals surface area contributed by atoms with Crippen LogP contribution in [0.3, 0.4) is 0 Å². The molecule has 0 aliphatic heterocycles. The third-order valence-electron chi connectivity index (χ3n) is 3.79. The second-order valence-electron chi connectivity index (χ2n) is 5.93. The molecule has 0 aliphatic carbocycles. The predicted octanol–water partition coefficient (Wildman–Crippen LogP) is 2.33. The van der Waals surface area contributed by atoms with Gasteiger partial charge in [-0.05, 0) is 43.7 Å². The highest BCUT2D eigenvalue weighted by Gasteiger charge is 2.22. The number of hydrogen-bond acceptors (Lipinski definition) is 4. The van der Waals surface area contributed by atoms with Gasteiger partial charge in [0.2, 0.25) is 15.9 Å². The zero-order chi connectivity index (χ0) is 19.2. The number of nitrogens with one attached hydrogen (secondary N) is 1. The molecule has 0 fully saturated rings. The Morgan fingerprint density at radius 2 is 1.85 bits per heavy atom. The molecule has 0 radical (unpaired) electrons. The Morgan fingerprint density at radius 3 is 2.50 bits per heavy atom. The number of aryl methyl sites for hydroxylation is 1. The van der Waals surface area contributed by atoms with Crippen LogP contribution < -0.4 is 10.1 Å². The van der Waals surface area contributed by atoms with Crippen molar-refractivity contribution in [3.05, 3.63) is 59.7 Å². The van der Waals surface area contributed by atoms with E-state index in [9.17, 15) is 13.2 Å². The fourth-order valence-corrected chi connectivity index (χ4v) is 3.47. The summed E-state index contributed by atoms with van der Waals surface area (Å²) in [6, 6.07) is 13.9. The summed E-state index contributed by atoms with van der Waals surface area (Å²) < 4.78 is 31.5. The van der Waals surface area contributed by atoms with Gasteiger partial charge in [0.25, 0.3) is 0 Å². The first-order chi connectivity index (χ1) is 12.3. The standard InChI is InChI=1S/C19H24N2O4S/c1-4-25-17-7-5-6-16(12-17)13-20-19(22)14-21(3)26(23,24)18-10-8-15(2)9-11-18/h5-12H,4,13-14H2,1-3H3,(H,20,22). The Balaban J connectivity index is 1.94. The minimum absolute atomic E-state index is 0.169. The zero-order valence-corrected chi connectivity index (χ0v) is 16.0. The van der Waals surface area contributed by atoms with E-state index in [2.05, 4.69) is 5.32 Å². The van der Waals surface area contributed by atoms with Crippen molar-refractivity contribution < 1.29 is 17.9 Å². The van der Waals surface area contributed by atoms with Crippen molar-refractivity contribution >= 4 is 15.9 Å². The lowest BCUT2D eigenvalue weighted by Crippen LogP contribution is -2.38. The van der Waals surface area contributed by atoms with Crippen LogP contribution in [0.4, 0.5) is 0 Å². The van der Waals surface area contributed by atoms with Crippen molar-refractivity contribution in [2.75, 3.05) is 20.2 Å². The van der Waals surface area contributed by atoms with E-state index >= 15 is 0 Å². The van der Waals surface area contributed by atoms with Crippen molar-refractivity contribution in [2.24, 2.45) is 0 Å². The van der Waals surface area contributed by atoms with Crippen molar-refractivity contribution in [2.45, 2.75) is 25.3 Å². The van der Waals surface area contributed by atoms with E-state index < -0.39 is 10.0 Å². The van der Waals surface area contributed by atoms with Gasteiger partial charge in [0.1, 0.15) is 5.75 Å². The largest absolute Gasteiger partial charge is 0.494 e. The van der Waals surface area contributed by atoms with Crippen LogP contribution in [-0.4, -0.2) is 38.8 Å². The number of hydrogen-bond donors (Lipinski definition) is 1. The van der Waals surface area contributed by atoms with E-state index in [-0.39, 0.29) is 17.3 Å². The molecular formula is C19H24N2O4S. The topological polar surface area (TPSA) is 75.7 Å². The van der Waals surface area contributed by atoms with Crippen LogP contribution in [0.15, 0.2) is 53.4 Å². The number of rotatable bonds is 8. The van der Waals surface area contributed by atoms with Gasteiger partial charge in [-0.15, -0.1) is 0 Å². The van der Waals surface area contributed by atoms with E-state index in [0.29, 0.717) is 13.2 Å². The molecule has 2 aromatic carbocycles. The van der Waals surface area contributed by atoms with E-state index in [0.717, 1.165) is 21.2 Å². The predicted molar refractivity (Wildman–Crippen MR) is 100 cm³/mol. The molecule has 0 spiro atoms. The van der Waals surface area contributed by atoms with E-state index in [1.807, 2.05) is 38.1 Å². The lowest BCUT2D eigenvalue weighted by atomic mass is 10.2. The third-order valence-corrected chi connectivity index (χ3v) is 5.61. The van der Waals surface area contributed by atoms with E-state index in [4.69, 9.17) is 4.74 Å². The lowest BCUT2D eigenvalue weighted by molar-refractivity contribution is -0.121. The van der Waals surface area contributed by atoms with E-state index in [1.54, 1.807) is 12.1 Å². The highest BCUT2D eigenvalue weighted by molar-refractivity contribution is 7.89. The van der Waals surface area contributed by atoms with Crippen LogP contribution >= 0.6 is 0 Å². The van der Waals surface area contributed by atoms with Crippen molar-refractivity contribution in [3.63, 3.8) is 0 Å². The number of carbonyl (C=O) groups is 1. The SMILES string of the molecule is CCOc1cccc(CNC(=O)CN(C)S(=O)(=O)c2ccc(C)cc2)c1. The molecular weight excluding hydrogens is 352 g/mol. The maximum absolute atomic E-state index is 12.5. The maximum Gasteiger partial charge on any atom is 0.243 e. The van der Waals surface area contributed by atoms with Gasteiger partial charge in [0.05, 0.1) is 18.0 Å². The van der Waals surface area contributed by atoms with Gasteiger partial charge in [0.15, 0.2) is 0 Å². The molecule has 140 valence electrons. The van der Waals surface area contributed by atoms with Crippen LogP contribution in [0.5, 0.6) is 5.75 Å². The number of ether oxygens (including phenoxy) is 1. The highest BCUT2D eigenvalue weighted by Crippen LogP contribution is 2.15. The summed E-state index contributed by atoms with van der Waals surface area (Å²) in [5, 5.41) is 2.73. The molecule has 7 heteroatoms. The van der Waals surface area contributed by atoms with Gasteiger partial charge in [-0.1, -0.05) is 29.8 Å². The molecule has 0 bridgehead atoms. The maximum atomic E-state index is 12.5. The van der Waals surface area contributed by atoms with Gasteiger partial charge in [-0.25, -0.2) is 8.42 Å². The summed E-state index contributed by atoms with van der Waals surface area (Å²) in [6.07, 6.45) is 0. The second kappa shape index (κ2) is 8.82. The first-order valence-corrected chi connectivity index (χ1v) is 9.78. The Bertz CT molecular complexity index is 848. The summed E-state index contributed by atoms with van der Waals surface area (Å²) in [5.74, 6) is 0.364. The van der Waals surface area contributed by atoms with Gasteiger partial charge in [-0.3, -0.25) is 4.79 Å². The number of amides is 1. The quantitative estimate of drug-likeness (QED) is 0.767. The monoisotopic (exact) mass is 376 g/mol.